The van der Waals surface area contributed by atoms with Gasteiger partial charge < -0.3 is 35.4 Å². The van der Waals surface area contributed by atoms with Crippen molar-refractivity contribution in [2.45, 2.75) is 30.7 Å². The molecule has 0 aliphatic carbocycles. The fourth-order valence-corrected chi connectivity index (χ4v) is 1.09. The van der Waals surface area contributed by atoms with E-state index >= 15 is 0 Å². The van der Waals surface area contributed by atoms with Gasteiger partial charge in [-0.2, -0.15) is 0 Å². The molecule has 0 radical (unpaired) electrons. The van der Waals surface area contributed by atoms with Crippen molar-refractivity contribution < 1.29 is 35.4 Å². The lowest BCUT2D eigenvalue weighted by Gasteiger charge is -2.28. The first-order valence-corrected chi connectivity index (χ1v) is 5.07. The number of ether oxygens (including phenoxy) is 1. The monoisotopic (exact) mass is 274 g/mol. The van der Waals surface area contributed by atoms with Crippen molar-refractivity contribution in [3.8, 4) is 0 Å². The molecule has 0 amide bonds. The molecule has 0 bridgehead atoms. The number of hydrogen-bond acceptors (Lipinski definition) is 8. The average Bonchev–Trinajstić information content (AvgIpc) is 2.23. The lowest BCUT2D eigenvalue weighted by Crippen LogP contribution is -2.50. The van der Waals surface area contributed by atoms with Crippen LogP contribution >= 0.6 is 24.8 Å². The molecule has 96 valence electrons. The molecule has 0 aromatic carbocycles. The normalized spacial score (nSPS) is 20.7. The molecule has 0 aromatic heterocycles. The van der Waals surface area contributed by atoms with Gasteiger partial charge in [0.1, 0.15) is 24.4 Å². The Morgan fingerprint density at radius 1 is 1.06 bits per heavy atom. The van der Waals surface area contributed by atoms with E-state index in [0.29, 0.717) is 0 Å². The van der Waals surface area contributed by atoms with E-state index in [1.807, 2.05) is 0 Å². The second-order valence-electron chi connectivity index (χ2n) is 3.00. The van der Waals surface area contributed by atoms with E-state index in [0.717, 1.165) is 0 Å². The summed E-state index contributed by atoms with van der Waals surface area (Å²) in [6.45, 7) is -0.813. The van der Waals surface area contributed by atoms with Gasteiger partial charge in [0.25, 0.3) is 0 Å². The summed E-state index contributed by atoms with van der Waals surface area (Å²) in [5, 5.41) is 54.4. The largest absolute Gasteiger partial charge is 0.446 e. The molecule has 5 atom stereocenters. The summed E-state index contributed by atoms with van der Waals surface area (Å²) in [4.78, 5) is 0. The zero-order valence-electron chi connectivity index (χ0n) is 8.04. The summed E-state index contributed by atoms with van der Waals surface area (Å²) >= 11 is 7.87. The molecule has 0 fully saturated rings. The summed E-state index contributed by atoms with van der Waals surface area (Å²) in [5.41, 5.74) is 0. The van der Waals surface area contributed by atoms with Crippen LogP contribution < -0.4 is 0 Å². The summed E-state index contributed by atoms with van der Waals surface area (Å²) < 4.78 is 4.02. The van der Waals surface area contributed by atoms with Crippen LogP contribution in [0.5, 0.6) is 0 Å². The first-order valence-electron chi connectivity index (χ1n) is 4.22. The number of aliphatic hydroxyl groups excluding tert-OH is 6. The van der Waals surface area contributed by atoms with Crippen LogP contribution in [-0.2, 0) is 4.74 Å². The van der Waals surface area contributed by atoms with Crippen molar-refractivity contribution >= 4 is 29.2 Å². The minimum atomic E-state index is -1.92. The Kier molecular flexibility index (Phi) is 7.35. The first-order chi connectivity index (χ1) is 7.31. The van der Waals surface area contributed by atoms with Gasteiger partial charge in [0.15, 0.2) is 0 Å². The van der Waals surface area contributed by atoms with Gasteiger partial charge in [-0.3, -0.25) is 0 Å². The molecular formula is C7H14O7S2. The van der Waals surface area contributed by atoms with Crippen molar-refractivity contribution in [2.24, 2.45) is 0 Å². The van der Waals surface area contributed by atoms with Gasteiger partial charge in [-0.05, 0) is 12.2 Å². The molecule has 0 saturated heterocycles. The van der Waals surface area contributed by atoms with Crippen molar-refractivity contribution in [1.82, 2.24) is 0 Å². The van der Waals surface area contributed by atoms with E-state index in [9.17, 15) is 15.3 Å². The Hall–Kier alpha value is -0.000000000000000111. The molecule has 0 rings (SSSR count). The minimum Gasteiger partial charge on any atom is -0.446 e. The summed E-state index contributed by atoms with van der Waals surface area (Å²) in [5.74, 6) is 0. The molecule has 6 N–H and O–H groups in total. The standard InChI is InChI=1S/C7H14O7S2/c8-1-2(9)3(10)4(11)5(12)6(13)14-7(15)16/h2-6,8-13H,1H2,(H,15,16)/t2-,3-,4+,5+,6?/m1/s1. The smallest absolute Gasteiger partial charge is 0.227 e. The second-order valence-corrected chi connectivity index (χ2v) is 4.08. The Balaban J connectivity index is 4.35. The molecule has 0 spiro atoms. The SMILES string of the molecule is OC[C@@H](O)[C@@H](O)[C@H](O)[C@H](O)C(O)OC(=S)S. The third-order valence-corrected chi connectivity index (χ3v) is 2.00. The Morgan fingerprint density at radius 3 is 1.94 bits per heavy atom. The number of hydrogen-bond donors (Lipinski definition) is 7. The van der Waals surface area contributed by atoms with Crippen LogP contribution in [0.1, 0.15) is 0 Å². The minimum absolute atomic E-state index is 0.365. The summed E-state index contributed by atoms with van der Waals surface area (Å²) in [6.07, 6.45) is -9.23. The highest BCUT2D eigenvalue weighted by Crippen LogP contribution is 2.10. The number of rotatable bonds is 6. The third kappa shape index (κ3) is 4.89. The highest BCUT2D eigenvalue weighted by Gasteiger charge is 2.35. The van der Waals surface area contributed by atoms with Gasteiger partial charge in [0.2, 0.25) is 10.7 Å². The van der Waals surface area contributed by atoms with E-state index in [1.54, 1.807) is 0 Å². The van der Waals surface area contributed by atoms with Gasteiger partial charge >= 0.3 is 0 Å². The molecule has 0 saturated carbocycles. The maximum absolute atomic E-state index is 9.29. The van der Waals surface area contributed by atoms with Gasteiger partial charge in [-0.25, -0.2) is 0 Å². The van der Waals surface area contributed by atoms with Crippen LogP contribution in [0.25, 0.3) is 0 Å². The fourth-order valence-electron chi connectivity index (χ4n) is 0.879. The van der Waals surface area contributed by atoms with E-state index < -0.39 is 37.3 Å². The second kappa shape index (κ2) is 7.35. The van der Waals surface area contributed by atoms with Crippen LogP contribution in [0.4, 0.5) is 0 Å². The number of aliphatic hydroxyl groups is 6. The molecule has 1 unspecified atom stereocenters. The summed E-state index contributed by atoms with van der Waals surface area (Å²) in [6, 6.07) is 0. The molecule has 16 heavy (non-hydrogen) atoms. The highest BCUT2D eigenvalue weighted by atomic mass is 32.1. The van der Waals surface area contributed by atoms with Crippen molar-refractivity contribution in [1.29, 1.82) is 0 Å². The topological polar surface area (TPSA) is 131 Å². The molecule has 0 heterocycles. The first kappa shape index (κ1) is 16.0. The third-order valence-electron chi connectivity index (χ3n) is 1.79. The van der Waals surface area contributed by atoms with Crippen LogP contribution in [-0.4, -0.2) is 72.3 Å². The number of thiol groups is 1. The Bertz CT molecular complexity index is 227. The molecule has 0 aromatic rings. The molecule has 9 heteroatoms. The predicted molar refractivity (Wildman–Crippen MR) is 59.8 cm³/mol. The molecular weight excluding hydrogens is 260 g/mol. The van der Waals surface area contributed by atoms with Crippen molar-refractivity contribution in [3.63, 3.8) is 0 Å². The lowest BCUT2D eigenvalue weighted by molar-refractivity contribution is -0.183. The van der Waals surface area contributed by atoms with Crippen LogP contribution in [0.2, 0.25) is 0 Å². The van der Waals surface area contributed by atoms with E-state index in [4.69, 9.17) is 15.3 Å². The van der Waals surface area contributed by atoms with Crippen molar-refractivity contribution in [3.05, 3.63) is 0 Å². The highest BCUT2D eigenvalue weighted by molar-refractivity contribution is 8.10. The zero-order chi connectivity index (χ0) is 12.9. The van der Waals surface area contributed by atoms with E-state index in [1.165, 1.54) is 0 Å². The Labute approximate surface area is 102 Å². The van der Waals surface area contributed by atoms with Crippen LogP contribution in [0.15, 0.2) is 0 Å². The van der Waals surface area contributed by atoms with Gasteiger partial charge in [-0.15, -0.1) is 0 Å². The average molecular weight is 274 g/mol. The van der Waals surface area contributed by atoms with E-state index in [2.05, 4.69) is 29.6 Å². The maximum Gasteiger partial charge on any atom is 0.227 e. The molecule has 0 aliphatic heterocycles. The maximum atomic E-state index is 9.29. The Morgan fingerprint density at radius 2 is 1.56 bits per heavy atom. The quantitative estimate of drug-likeness (QED) is 0.155. The van der Waals surface area contributed by atoms with Gasteiger partial charge in [0.05, 0.1) is 6.61 Å². The number of thiocarbonyl (C=S) groups is 1. The van der Waals surface area contributed by atoms with Crippen LogP contribution in [0.3, 0.4) is 0 Å². The predicted octanol–water partition coefficient (Wildman–Crippen LogP) is -3.03. The summed E-state index contributed by atoms with van der Waals surface area (Å²) in [7, 11) is 0. The fraction of sp³-hybridized carbons (Fsp3) is 0.857. The lowest BCUT2D eigenvalue weighted by atomic mass is 10.0. The molecule has 7 nitrogen and oxygen atoms in total. The molecule has 0 aliphatic rings. The zero-order valence-corrected chi connectivity index (χ0v) is 9.75. The van der Waals surface area contributed by atoms with Crippen LogP contribution in [0, 0.1) is 0 Å². The van der Waals surface area contributed by atoms with Crippen molar-refractivity contribution in [2.75, 3.05) is 6.61 Å². The van der Waals surface area contributed by atoms with Gasteiger partial charge in [0, 0.05) is 0 Å². The van der Waals surface area contributed by atoms with Gasteiger partial charge in [-0.1, -0.05) is 12.6 Å². The van der Waals surface area contributed by atoms with E-state index in [-0.39, 0.29) is 4.38 Å².